The Balaban J connectivity index is 0.000000154. The van der Waals surface area contributed by atoms with Crippen LogP contribution in [0, 0.1) is 5.82 Å². The zero-order valence-electron chi connectivity index (χ0n) is 26.8. The van der Waals surface area contributed by atoms with Crippen LogP contribution in [0.5, 0.6) is 0 Å². The third-order valence-electron chi connectivity index (χ3n) is 8.51. The molecule has 0 amide bonds. The van der Waals surface area contributed by atoms with E-state index in [1.165, 1.54) is 28.8 Å². The Labute approximate surface area is 285 Å². The molecule has 6 aromatic rings. The molecule has 49 heavy (non-hydrogen) atoms. The van der Waals surface area contributed by atoms with Crippen molar-refractivity contribution < 1.29 is 4.39 Å². The molecule has 2 saturated heterocycles. The highest BCUT2D eigenvalue weighted by atomic mass is 35.5. The summed E-state index contributed by atoms with van der Waals surface area (Å²) in [6.45, 7) is 8.60. The molecule has 0 radical (unpaired) electrons. The molecule has 1 atom stereocenters. The van der Waals surface area contributed by atoms with Crippen LogP contribution < -0.4 is 31.6 Å². The molecule has 6 aromatic heterocycles. The van der Waals surface area contributed by atoms with Gasteiger partial charge in [-0.25, -0.2) is 14.4 Å². The van der Waals surface area contributed by atoms with Crippen LogP contribution in [0.2, 0.25) is 5.02 Å². The lowest BCUT2D eigenvalue weighted by molar-refractivity contribution is 0.484. The fraction of sp³-hybridized carbons (Fsp3) is 0.257. The molecule has 0 aromatic carbocycles. The third kappa shape index (κ3) is 7.28. The summed E-state index contributed by atoms with van der Waals surface area (Å²) in [5, 5.41) is 7.24. The van der Waals surface area contributed by atoms with E-state index in [0.29, 0.717) is 39.3 Å². The molecule has 2 aliphatic heterocycles. The van der Waals surface area contributed by atoms with Gasteiger partial charge >= 0.3 is 0 Å². The van der Waals surface area contributed by atoms with Gasteiger partial charge in [0.05, 0.1) is 34.0 Å². The van der Waals surface area contributed by atoms with Gasteiger partial charge in [0, 0.05) is 106 Å². The first kappa shape index (κ1) is 32.3. The highest BCUT2D eigenvalue weighted by Gasteiger charge is 2.17. The minimum atomic E-state index is -0.456. The summed E-state index contributed by atoms with van der Waals surface area (Å²) in [4.78, 5) is 46.5. The molecular weight excluding hydrogens is 647 g/mol. The maximum absolute atomic E-state index is 13.4. The minimum Gasteiger partial charge on any atom is -0.368 e. The number of nitrogens with zero attached hydrogens (tertiary/aromatic N) is 8. The molecule has 2 N–H and O–H groups in total. The second-order valence-corrected chi connectivity index (χ2v) is 12.4. The molecule has 14 heteroatoms. The van der Waals surface area contributed by atoms with Crippen LogP contribution in [-0.2, 0) is 0 Å². The number of nitrogens with one attached hydrogen (secondary N) is 2. The van der Waals surface area contributed by atoms with E-state index >= 15 is 0 Å². The number of pyridine rings is 4. The van der Waals surface area contributed by atoms with E-state index in [-0.39, 0.29) is 11.1 Å². The van der Waals surface area contributed by atoms with E-state index in [1.54, 1.807) is 22.9 Å². The van der Waals surface area contributed by atoms with Crippen molar-refractivity contribution in [1.29, 1.82) is 0 Å². The van der Waals surface area contributed by atoms with Crippen LogP contribution in [0.1, 0.15) is 6.92 Å². The third-order valence-corrected chi connectivity index (χ3v) is 8.71. The zero-order chi connectivity index (χ0) is 33.9. The van der Waals surface area contributed by atoms with Gasteiger partial charge in [0.1, 0.15) is 17.1 Å². The van der Waals surface area contributed by atoms with Crippen molar-refractivity contribution in [2.45, 2.75) is 13.0 Å². The van der Waals surface area contributed by atoms with Crippen molar-refractivity contribution in [3.63, 3.8) is 0 Å². The maximum Gasteiger partial charge on any atom is 0.258 e. The van der Waals surface area contributed by atoms with Crippen LogP contribution in [0.15, 0.2) is 95.3 Å². The first-order chi connectivity index (χ1) is 23.8. The molecule has 0 bridgehead atoms. The van der Waals surface area contributed by atoms with E-state index < -0.39 is 5.82 Å². The number of piperazine rings is 2. The lowest BCUT2D eigenvalue weighted by atomic mass is 10.2. The first-order valence-electron chi connectivity index (χ1n) is 16.0. The van der Waals surface area contributed by atoms with Crippen molar-refractivity contribution >= 4 is 34.3 Å². The summed E-state index contributed by atoms with van der Waals surface area (Å²) in [7, 11) is 0. The van der Waals surface area contributed by atoms with E-state index in [1.807, 2.05) is 36.7 Å². The van der Waals surface area contributed by atoms with E-state index in [4.69, 9.17) is 11.6 Å². The molecular formula is C35H34ClFN10O2. The van der Waals surface area contributed by atoms with E-state index in [9.17, 15) is 14.0 Å². The molecule has 0 saturated carbocycles. The van der Waals surface area contributed by atoms with Crippen LogP contribution in [-0.4, -0.2) is 80.6 Å². The van der Waals surface area contributed by atoms with Gasteiger partial charge in [-0.05, 0) is 43.3 Å². The summed E-state index contributed by atoms with van der Waals surface area (Å²) in [5.41, 5.74) is 5.05. The predicted molar refractivity (Wildman–Crippen MR) is 189 cm³/mol. The van der Waals surface area contributed by atoms with Crippen LogP contribution >= 0.6 is 11.6 Å². The SMILES string of the molecule is C[C@H]1CN(c2ccc3nc(-c4cncc(F)c4)cc(=O)n3c2)CCN1.O=c1cc(-c2cncc(Cl)c2)nc2ccc(N3CCNCC3)cn12. The van der Waals surface area contributed by atoms with Crippen LogP contribution in [0.3, 0.4) is 0 Å². The monoisotopic (exact) mass is 680 g/mol. The Morgan fingerprint density at radius 3 is 1.90 bits per heavy atom. The molecule has 0 aliphatic carbocycles. The minimum absolute atomic E-state index is 0.119. The van der Waals surface area contributed by atoms with Gasteiger partial charge in [-0.2, -0.15) is 0 Å². The molecule has 0 spiro atoms. The fourth-order valence-corrected chi connectivity index (χ4v) is 6.22. The summed E-state index contributed by atoms with van der Waals surface area (Å²) in [6, 6.07) is 14.1. The summed E-state index contributed by atoms with van der Waals surface area (Å²) in [5.74, 6) is -0.456. The topological polar surface area (TPSA) is 125 Å². The lowest BCUT2D eigenvalue weighted by Crippen LogP contribution is -2.49. The highest BCUT2D eigenvalue weighted by molar-refractivity contribution is 6.30. The Morgan fingerprint density at radius 1 is 0.735 bits per heavy atom. The van der Waals surface area contributed by atoms with E-state index in [2.05, 4.69) is 47.3 Å². The highest BCUT2D eigenvalue weighted by Crippen LogP contribution is 2.22. The summed E-state index contributed by atoms with van der Waals surface area (Å²) >= 11 is 5.98. The largest absolute Gasteiger partial charge is 0.368 e. The van der Waals surface area contributed by atoms with E-state index in [0.717, 1.165) is 68.9 Å². The Hall–Kier alpha value is -5.24. The van der Waals surface area contributed by atoms with Gasteiger partial charge in [0.25, 0.3) is 11.1 Å². The van der Waals surface area contributed by atoms with Gasteiger partial charge in [0.2, 0.25) is 0 Å². The average Bonchev–Trinajstić information content (AvgIpc) is 3.12. The first-order valence-corrected chi connectivity index (χ1v) is 16.4. The van der Waals surface area contributed by atoms with Gasteiger partial charge in [-0.15, -0.1) is 0 Å². The van der Waals surface area contributed by atoms with Crippen molar-refractivity contribution in [1.82, 2.24) is 39.4 Å². The predicted octanol–water partition coefficient (Wildman–Crippen LogP) is 3.51. The van der Waals surface area contributed by atoms with Crippen molar-refractivity contribution in [3.8, 4) is 22.5 Å². The zero-order valence-corrected chi connectivity index (χ0v) is 27.5. The lowest BCUT2D eigenvalue weighted by Gasteiger charge is -2.33. The molecule has 8 rings (SSSR count). The van der Waals surface area contributed by atoms with Crippen molar-refractivity contribution in [2.24, 2.45) is 0 Å². The quantitative estimate of drug-likeness (QED) is 0.286. The summed E-state index contributed by atoms with van der Waals surface area (Å²) < 4.78 is 16.5. The standard InChI is InChI=1S/C18H18FN5O.C17H16ClN5O/c1-12-10-23(5-4-21-12)15-2-3-17-22-16(7-18(25)24(17)11-15)13-6-14(19)9-20-8-13;18-13-7-12(9-20-10-13)15-8-17(24)23-11-14(1-2-16(23)21-15)22-5-3-19-4-6-22/h2-3,6-9,11-12,21H,4-5,10H2,1H3;1-2,7-11,19H,3-6H2/t12-;/m0./s1. The average molecular weight is 681 g/mol. The number of fused-ring (bicyclic) bond motifs is 2. The Bertz CT molecular complexity index is 2260. The molecule has 2 aliphatic rings. The van der Waals surface area contributed by atoms with Gasteiger partial charge < -0.3 is 20.4 Å². The smallest absolute Gasteiger partial charge is 0.258 e. The van der Waals surface area contributed by atoms with Gasteiger partial charge in [-0.1, -0.05) is 11.6 Å². The van der Waals surface area contributed by atoms with Crippen LogP contribution in [0.25, 0.3) is 33.8 Å². The second-order valence-electron chi connectivity index (χ2n) is 12.0. The van der Waals surface area contributed by atoms with Gasteiger partial charge in [-0.3, -0.25) is 28.4 Å². The van der Waals surface area contributed by atoms with Gasteiger partial charge in [0.15, 0.2) is 0 Å². The van der Waals surface area contributed by atoms with Crippen molar-refractivity contribution in [3.05, 3.63) is 117 Å². The number of hydrogen-bond donors (Lipinski definition) is 2. The maximum atomic E-state index is 13.4. The van der Waals surface area contributed by atoms with Crippen LogP contribution in [0.4, 0.5) is 15.8 Å². The fourth-order valence-electron chi connectivity index (χ4n) is 6.05. The molecule has 0 unspecified atom stereocenters. The number of rotatable bonds is 4. The Kier molecular flexibility index (Phi) is 9.29. The Morgan fingerprint density at radius 2 is 1.31 bits per heavy atom. The molecule has 250 valence electrons. The number of aromatic nitrogens is 6. The number of anilines is 2. The summed E-state index contributed by atoms with van der Waals surface area (Å²) in [6.07, 6.45) is 9.50. The molecule has 8 heterocycles. The number of halogens is 2. The van der Waals surface area contributed by atoms with Crippen molar-refractivity contribution in [2.75, 3.05) is 55.6 Å². The normalized spacial score (nSPS) is 16.4. The second kappa shape index (κ2) is 14.1. The molecule has 2 fully saturated rings. The number of hydrogen-bond acceptors (Lipinski definition) is 10. The molecule has 12 nitrogen and oxygen atoms in total.